The molecule has 170 valence electrons. The fourth-order valence-electron chi connectivity index (χ4n) is 3.83. The lowest BCUT2D eigenvalue weighted by Gasteiger charge is -2.22. The maximum atomic E-state index is 13.2. The van der Waals surface area contributed by atoms with Crippen LogP contribution in [0.1, 0.15) is 13.3 Å². The average Bonchev–Trinajstić information content (AvgIpc) is 2.95. The van der Waals surface area contributed by atoms with Crippen LogP contribution in [0.3, 0.4) is 0 Å². The van der Waals surface area contributed by atoms with E-state index in [-0.39, 0.29) is 23.1 Å². The van der Waals surface area contributed by atoms with Crippen LogP contribution in [0.15, 0.2) is 58.6 Å². The fraction of sp³-hybridized carbons (Fsp3) is 0.364. The summed E-state index contributed by atoms with van der Waals surface area (Å²) in [7, 11) is -3.72. The van der Waals surface area contributed by atoms with E-state index < -0.39 is 15.8 Å². The molecule has 1 aromatic heterocycles. The summed E-state index contributed by atoms with van der Waals surface area (Å²) in [5.74, 6) is -0.273. The van der Waals surface area contributed by atoms with Gasteiger partial charge >= 0.3 is 0 Å². The van der Waals surface area contributed by atoms with Gasteiger partial charge in [-0.3, -0.25) is 4.79 Å². The second kappa shape index (κ2) is 9.60. The van der Waals surface area contributed by atoms with Gasteiger partial charge in [-0.05, 0) is 49.7 Å². The zero-order valence-electron chi connectivity index (χ0n) is 17.8. The summed E-state index contributed by atoms with van der Waals surface area (Å²) in [6.07, 6.45) is 0.546. The molecule has 10 heteroatoms. The van der Waals surface area contributed by atoms with Gasteiger partial charge in [-0.1, -0.05) is 23.9 Å². The topological polar surface area (TPSA) is 75.5 Å². The van der Waals surface area contributed by atoms with Gasteiger partial charge in [0.2, 0.25) is 15.9 Å². The van der Waals surface area contributed by atoms with Crippen LogP contribution in [-0.4, -0.2) is 65.0 Å². The number of hydrogen-bond donors (Lipinski definition) is 0. The number of benzene rings is 2. The van der Waals surface area contributed by atoms with E-state index in [0.29, 0.717) is 26.1 Å². The number of aryl methyl sites for hydroxylation is 1. The monoisotopic (exact) mass is 476 g/mol. The van der Waals surface area contributed by atoms with Gasteiger partial charge in [0.05, 0.1) is 21.7 Å². The standard InChI is InChI=1S/C22H25FN4O3S2/c1-2-27-20-7-4-3-6-19(20)24-22(27)31-16-21(28)25-12-5-13-26(15-14-25)32(29,30)18-10-8-17(23)9-11-18/h3-4,6-11H,2,5,12-16H2,1H3. The number of aromatic nitrogens is 2. The van der Waals surface area contributed by atoms with Gasteiger partial charge < -0.3 is 9.47 Å². The minimum Gasteiger partial charge on any atom is -0.341 e. The first-order valence-corrected chi connectivity index (χ1v) is 12.9. The highest BCUT2D eigenvalue weighted by Crippen LogP contribution is 2.25. The number of amides is 1. The quantitative estimate of drug-likeness (QED) is 0.511. The highest BCUT2D eigenvalue weighted by molar-refractivity contribution is 7.99. The Morgan fingerprint density at radius 3 is 2.56 bits per heavy atom. The maximum absolute atomic E-state index is 13.2. The molecule has 1 aliphatic rings. The molecular weight excluding hydrogens is 451 g/mol. The number of thioether (sulfide) groups is 1. The Hall–Kier alpha value is -2.43. The van der Waals surface area contributed by atoms with Gasteiger partial charge in [0.15, 0.2) is 5.16 Å². The van der Waals surface area contributed by atoms with Crippen LogP contribution in [0.25, 0.3) is 11.0 Å². The van der Waals surface area contributed by atoms with E-state index in [2.05, 4.69) is 9.55 Å². The lowest BCUT2D eigenvalue weighted by Crippen LogP contribution is -2.38. The molecule has 0 aliphatic carbocycles. The van der Waals surface area contributed by atoms with Crippen molar-refractivity contribution in [3.8, 4) is 0 Å². The number of carbonyl (C=O) groups excluding carboxylic acids is 1. The zero-order chi connectivity index (χ0) is 22.7. The molecule has 2 heterocycles. The second-order valence-corrected chi connectivity index (χ2v) is 10.4. The highest BCUT2D eigenvalue weighted by Gasteiger charge is 2.28. The van der Waals surface area contributed by atoms with Crippen molar-refractivity contribution in [2.75, 3.05) is 31.9 Å². The van der Waals surface area contributed by atoms with E-state index in [4.69, 9.17) is 0 Å². The average molecular weight is 477 g/mol. The summed E-state index contributed by atoms with van der Waals surface area (Å²) >= 11 is 1.40. The van der Waals surface area contributed by atoms with Crippen molar-refractivity contribution < 1.29 is 17.6 Å². The van der Waals surface area contributed by atoms with Crippen molar-refractivity contribution in [2.24, 2.45) is 0 Å². The van der Waals surface area contributed by atoms with E-state index in [0.717, 1.165) is 34.9 Å². The highest BCUT2D eigenvalue weighted by atomic mass is 32.2. The summed E-state index contributed by atoms with van der Waals surface area (Å²) in [6, 6.07) is 12.7. The number of halogens is 1. The van der Waals surface area contributed by atoms with E-state index in [9.17, 15) is 17.6 Å². The molecule has 0 unspecified atom stereocenters. The molecule has 1 aliphatic heterocycles. The number of sulfonamides is 1. The maximum Gasteiger partial charge on any atom is 0.243 e. The van der Waals surface area contributed by atoms with Crippen LogP contribution in [0.2, 0.25) is 0 Å². The molecule has 0 N–H and O–H groups in total. The van der Waals surface area contributed by atoms with Crippen LogP contribution in [-0.2, 0) is 21.4 Å². The van der Waals surface area contributed by atoms with Gasteiger partial charge in [-0.15, -0.1) is 0 Å². The van der Waals surface area contributed by atoms with Gasteiger partial charge in [0, 0.05) is 32.7 Å². The molecule has 1 fully saturated rings. The van der Waals surface area contributed by atoms with E-state index >= 15 is 0 Å². The normalized spacial score (nSPS) is 15.8. The van der Waals surface area contributed by atoms with Crippen LogP contribution in [0.5, 0.6) is 0 Å². The zero-order valence-corrected chi connectivity index (χ0v) is 19.4. The molecule has 0 radical (unpaired) electrons. The van der Waals surface area contributed by atoms with Gasteiger partial charge in [0.25, 0.3) is 0 Å². The van der Waals surface area contributed by atoms with E-state index in [1.54, 1.807) is 4.90 Å². The largest absolute Gasteiger partial charge is 0.341 e. The van der Waals surface area contributed by atoms with E-state index in [1.807, 2.05) is 31.2 Å². The third-order valence-corrected chi connectivity index (χ3v) is 8.39. The number of nitrogens with zero attached hydrogens (tertiary/aromatic N) is 4. The van der Waals surface area contributed by atoms with Crippen LogP contribution in [0.4, 0.5) is 4.39 Å². The molecule has 0 atom stereocenters. The fourth-order valence-corrected chi connectivity index (χ4v) is 6.28. The SMILES string of the molecule is CCn1c(SCC(=O)N2CCCN(S(=O)(=O)c3ccc(F)cc3)CC2)nc2ccccc21. The molecule has 0 spiro atoms. The first kappa shape index (κ1) is 22.8. The predicted octanol–water partition coefficient (Wildman–Crippen LogP) is 3.21. The summed E-state index contributed by atoms with van der Waals surface area (Å²) in [5.41, 5.74) is 1.95. The summed E-state index contributed by atoms with van der Waals surface area (Å²) < 4.78 is 42.4. The third kappa shape index (κ3) is 4.67. The Kier molecular flexibility index (Phi) is 6.82. The Labute approximate surface area is 191 Å². The first-order chi connectivity index (χ1) is 15.4. The molecular formula is C22H25FN4O3S2. The lowest BCUT2D eigenvalue weighted by atomic mass is 10.3. The molecule has 2 aromatic carbocycles. The molecule has 1 saturated heterocycles. The summed E-state index contributed by atoms with van der Waals surface area (Å²) in [4.78, 5) is 19.3. The van der Waals surface area contributed by atoms with Gasteiger partial charge in [-0.25, -0.2) is 17.8 Å². The van der Waals surface area contributed by atoms with Gasteiger partial charge in [0.1, 0.15) is 5.82 Å². The Morgan fingerprint density at radius 2 is 1.81 bits per heavy atom. The molecule has 1 amide bonds. The third-order valence-electron chi connectivity index (χ3n) is 5.52. The summed E-state index contributed by atoms with van der Waals surface area (Å²) in [5, 5.41) is 0.803. The first-order valence-electron chi connectivity index (χ1n) is 10.5. The van der Waals surface area contributed by atoms with Crippen molar-refractivity contribution in [3.63, 3.8) is 0 Å². The number of rotatable bonds is 6. The number of imidazole rings is 1. The van der Waals surface area contributed by atoms with Crippen molar-refractivity contribution >= 4 is 38.7 Å². The molecule has 0 saturated carbocycles. The molecule has 3 aromatic rings. The van der Waals surface area contributed by atoms with Gasteiger partial charge in [-0.2, -0.15) is 4.31 Å². The van der Waals surface area contributed by atoms with Crippen molar-refractivity contribution in [3.05, 3.63) is 54.3 Å². The Morgan fingerprint density at radius 1 is 1.06 bits per heavy atom. The van der Waals surface area contributed by atoms with Crippen LogP contribution < -0.4 is 0 Å². The smallest absolute Gasteiger partial charge is 0.243 e. The number of hydrogen-bond acceptors (Lipinski definition) is 5. The lowest BCUT2D eigenvalue weighted by molar-refractivity contribution is -0.128. The van der Waals surface area contributed by atoms with Crippen LogP contribution in [0, 0.1) is 5.82 Å². The van der Waals surface area contributed by atoms with E-state index in [1.165, 1.54) is 28.2 Å². The number of para-hydroxylation sites is 2. The number of carbonyl (C=O) groups is 1. The van der Waals surface area contributed by atoms with Crippen molar-refractivity contribution in [1.82, 2.24) is 18.8 Å². The minimum absolute atomic E-state index is 0.0364. The minimum atomic E-state index is -3.72. The molecule has 7 nitrogen and oxygen atoms in total. The second-order valence-electron chi connectivity index (χ2n) is 7.51. The Balaban J connectivity index is 1.39. The predicted molar refractivity (Wildman–Crippen MR) is 122 cm³/mol. The Bertz CT molecular complexity index is 1210. The summed E-state index contributed by atoms with van der Waals surface area (Å²) in [6.45, 7) is 4.16. The molecule has 4 rings (SSSR count). The molecule has 0 bridgehead atoms. The molecule has 32 heavy (non-hydrogen) atoms. The number of fused-ring (bicyclic) bond motifs is 1. The van der Waals surface area contributed by atoms with Crippen molar-refractivity contribution in [1.29, 1.82) is 0 Å². The van der Waals surface area contributed by atoms with Crippen molar-refractivity contribution in [2.45, 2.75) is 29.9 Å². The van der Waals surface area contributed by atoms with Crippen LogP contribution >= 0.6 is 11.8 Å².